The van der Waals surface area contributed by atoms with Gasteiger partial charge in [0.05, 0.1) is 11.6 Å². The summed E-state index contributed by atoms with van der Waals surface area (Å²) in [7, 11) is 0. The highest BCUT2D eigenvalue weighted by atomic mass is 19.1. The molecule has 2 aromatic rings. The number of nitrogens with two attached hydrogens (primary N) is 1. The summed E-state index contributed by atoms with van der Waals surface area (Å²) in [5, 5.41) is 11.7. The molecule has 0 amide bonds. The molecule has 1 heterocycles. The Kier molecular flexibility index (Phi) is 5.25. The predicted octanol–water partition coefficient (Wildman–Crippen LogP) is 3.59. The number of unbranched alkanes of at least 4 members (excludes halogenated alkanes) is 3. The zero-order valence-corrected chi connectivity index (χ0v) is 12.6. The van der Waals surface area contributed by atoms with Gasteiger partial charge in [-0.3, -0.25) is 0 Å². The van der Waals surface area contributed by atoms with Crippen LogP contribution in [0.1, 0.15) is 52.0 Å². The van der Waals surface area contributed by atoms with Crippen molar-refractivity contribution in [2.24, 2.45) is 0 Å². The first-order chi connectivity index (χ1) is 10.1. The SMILES string of the molecule is CCCCCCC(C)n1nnnc1-c1cc(N)ccc1F. The molecule has 0 saturated carbocycles. The van der Waals surface area contributed by atoms with Crippen LogP contribution in [0.3, 0.4) is 0 Å². The van der Waals surface area contributed by atoms with E-state index in [1.807, 2.05) is 0 Å². The predicted molar refractivity (Wildman–Crippen MR) is 81.1 cm³/mol. The molecule has 2 N–H and O–H groups in total. The molecule has 0 saturated heterocycles. The van der Waals surface area contributed by atoms with Gasteiger partial charge in [-0.15, -0.1) is 5.10 Å². The van der Waals surface area contributed by atoms with E-state index in [1.165, 1.54) is 31.4 Å². The van der Waals surface area contributed by atoms with Crippen molar-refractivity contribution >= 4 is 5.69 Å². The number of tetrazole rings is 1. The Balaban J connectivity index is 2.16. The van der Waals surface area contributed by atoms with Gasteiger partial charge in [0.2, 0.25) is 0 Å². The van der Waals surface area contributed by atoms with E-state index in [-0.39, 0.29) is 11.9 Å². The minimum Gasteiger partial charge on any atom is -0.399 e. The van der Waals surface area contributed by atoms with E-state index in [0.717, 1.165) is 12.8 Å². The second-order valence-electron chi connectivity index (χ2n) is 5.38. The van der Waals surface area contributed by atoms with Crippen molar-refractivity contribution in [3.63, 3.8) is 0 Å². The lowest BCUT2D eigenvalue weighted by Gasteiger charge is -2.13. The Labute approximate surface area is 124 Å². The maximum atomic E-state index is 14.0. The molecule has 0 spiro atoms. The van der Waals surface area contributed by atoms with Crippen LogP contribution >= 0.6 is 0 Å². The largest absolute Gasteiger partial charge is 0.399 e. The van der Waals surface area contributed by atoms with E-state index < -0.39 is 0 Å². The molecule has 0 bridgehead atoms. The Morgan fingerprint density at radius 3 is 2.86 bits per heavy atom. The number of benzene rings is 1. The summed E-state index contributed by atoms with van der Waals surface area (Å²) >= 11 is 0. The summed E-state index contributed by atoms with van der Waals surface area (Å²) in [6.07, 6.45) is 5.73. The molecule has 1 aromatic carbocycles. The summed E-state index contributed by atoms with van der Waals surface area (Å²) in [6, 6.07) is 4.57. The van der Waals surface area contributed by atoms with Crippen LogP contribution in [0, 0.1) is 5.82 Å². The van der Waals surface area contributed by atoms with Crippen LogP contribution in [0.25, 0.3) is 11.4 Å². The Bertz CT molecular complexity index is 581. The van der Waals surface area contributed by atoms with E-state index in [0.29, 0.717) is 17.1 Å². The summed E-state index contributed by atoms with van der Waals surface area (Å²) in [4.78, 5) is 0. The van der Waals surface area contributed by atoms with Crippen LogP contribution in [0.15, 0.2) is 18.2 Å². The third-order valence-electron chi connectivity index (χ3n) is 3.62. The maximum Gasteiger partial charge on any atom is 0.185 e. The van der Waals surface area contributed by atoms with Crippen LogP contribution in [0.2, 0.25) is 0 Å². The molecule has 0 aliphatic heterocycles. The molecule has 0 aliphatic rings. The second kappa shape index (κ2) is 7.15. The van der Waals surface area contributed by atoms with E-state index in [9.17, 15) is 4.39 Å². The monoisotopic (exact) mass is 291 g/mol. The van der Waals surface area contributed by atoms with Gasteiger partial charge < -0.3 is 5.73 Å². The van der Waals surface area contributed by atoms with Crippen LogP contribution in [-0.2, 0) is 0 Å². The quantitative estimate of drug-likeness (QED) is 0.625. The summed E-state index contributed by atoms with van der Waals surface area (Å²) in [6.45, 7) is 4.24. The highest BCUT2D eigenvalue weighted by Gasteiger charge is 2.17. The van der Waals surface area contributed by atoms with Gasteiger partial charge in [-0.2, -0.15) is 0 Å². The highest BCUT2D eigenvalue weighted by molar-refractivity contribution is 5.61. The number of nitrogen functional groups attached to an aromatic ring is 1. The summed E-state index contributed by atoms with van der Waals surface area (Å²) in [5.74, 6) is 0.0706. The number of halogens is 1. The molecule has 21 heavy (non-hydrogen) atoms. The molecule has 1 unspecified atom stereocenters. The second-order valence-corrected chi connectivity index (χ2v) is 5.38. The lowest BCUT2D eigenvalue weighted by molar-refractivity contribution is 0.429. The van der Waals surface area contributed by atoms with Gasteiger partial charge in [0.15, 0.2) is 5.82 Å². The molecule has 5 nitrogen and oxygen atoms in total. The molecule has 114 valence electrons. The minimum atomic E-state index is -0.363. The van der Waals surface area contributed by atoms with Gasteiger partial charge in [-0.05, 0) is 42.0 Å². The summed E-state index contributed by atoms with van der Waals surface area (Å²) in [5.41, 5.74) is 6.57. The van der Waals surface area contributed by atoms with Crippen molar-refractivity contribution in [1.29, 1.82) is 0 Å². The number of aromatic nitrogens is 4. The van der Waals surface area contributed by atoms with Crippen LogP contribution in [-0.4, -0.2) is 20.2 Å². The zero-order valence-electron chi connectivity index (χ0n) is 12.6. The number of nitrogens with zero attached hydrogens (tertiary/aromatic N) is 4. The number of hydrogen-bond donors (Lipinski definition) is 1. The fraction of sp³-hybridized carbons (Fsp3) is 0.533. The van der Waals surface area contributed by atoms with Crippen LogP contribution < -0.4 is 5.73 Å². The molecule has 2 rings (SSSR count). The Morgan fingerprint density at radius 1 is 1.29 bits per heavy atom. The molecule has 6 heteroatoms. The lowest BCUT2D eigenvalue weighted by Crippen LogP contribution is -2.10. The first kappa shape index (κ1) is 15.4. The lowest BCUT2D eigenvalue weighted by atomic mass is 10.1. The van der Waals surface area contributed by atoms with Gasteiger partial charge in [0, 0.05) is 5.69 Å². The number of anilines is 1. The van der Waals surface area contributed by atoms with Gasteiger partial charge in [-0.25, -0.2) is 9.07 Å². The van der Waals surface area contributed by atoms with Gasteiger partial charge in [0.25, 0.3) is 0 Å². The Morgan fingerprint density at radius 2 is 2.10 bits per heavy atom. The fourth-order valence-electron chi connectivity index (χ4n) is 2.37. The maximum absolute atomic E-state index is 14.0. The zero-order chi connectivity index (χ0) is 15.2. The number of hydrogen-bond acceptors (Lipinski definition) is 4. The molecular weight excluding hydrogens is 269 g/mol. The van der Waals surface area contributed by atoms with Crippen molar-refractivity contribution in [2.75, 3.05) is 5.73 Å². The Hall–Kier alpha value is -1.98. The van der Waals surface area contributed by atoms with Crippen molar-refractivity contribution < 1.29 is 4.39 Å². The first-order valence-electron chi connectivity index (χ1n) is 7.46. The smallest absolute Gasteiger partial charge is 0.185 e. The van der Waals surface area contributed by atoms with Gasteiger partial charge in [0.1, 0.15) is 5.82 Å². The summed E-state index contributed by atoms with van der Waals surface area (Å²) < 4.78 is 15.6. The van der Waals surface area contributed by atoms with E-state index in [2.05, 4.69) is 29.4 Å². The molecule has 1 atom stereocenters. The average Bonchev–Trinajstić information content (AvgIpc) is 2.95. The highest BCUT2D eigenvalue weighted by Crippen LogP contribution is 2.26. The third kappa shape index (κ3) is 3.77. The first-order valence-corrected chi connectivity index (χ1v) is 7.46. The molecule has 0 aliphatic carbocycles. The van der Waals surface area contributed by atoms with Gasteiger partial charge >= 0.3 is 0 Å². The molecular formula is C15H22FN5. The molecule has 0 radical (unpaired) electrons. The van der Waals surface area contributed by atoms with Crippen LogP contribution in [0.5, 0.6) is 0 Å². The molecule has 1 aromatic heterocycles. The van der Waals surface area contributed by atoms with E-state index in [1.54, 1.807) is 10.7 Å². The van der Waals surface area contributed by atoms with E-state index in [4.69, 9.17) is 5.73 Å². The van der Waals surface area contributed by atoms with Gasteiger partial charge in [-0.1, -0.05) is 32.6 Å². The van der Waals surface area contributed by atoms with Crippen molar-refractivity contribution in [1.82, 2.24) is 20.2 Å². The topological polar surface area (TPSA) is 69.6 Å². The molecule has 0 fully saturated rings. The van der Waals surface area contributed by atoms with Crippen molar-refractivity contribution in [3.8, 4) is 11.4 Å². The standard InChI is InChI=1S/C15H22FN5/c1-3-4-5-6-7-11(2)21-15(18-19-20-21)13-10-12(17)8-9-14(13)16/h8-11H,3-7,17H2,1-2H3. The van der Waals surface area contributed by atoms with Crippen LogP contribution in [0.4, 0.5) is 10.1 Å². The van der Waals surface area contributed by atoms with E-state index >= 15 is 0 Å². The fourth-order valence-corrected chi connectivity index (χ4v) is 2.37. The average molecular weight is 291 g/mol. The minimum absolute atomic E-state index is 0.132. The van der Waals surface area contributed by atoms with Crippen molar-refractivity contribution in [3.05, 3.63) is 24.0 Å². The third-order valence-corrected chi connectivity index (χ3v) is 3.62. The normalized spacial score (nSPS) is 12.5. The van der Waals surface area contributed by atoms with Crippen molar-refractivity contribution in [2.45, 2.75) is 52.0 Å². The number of rotatable bonds is 7.